The van der Waals surface area contributed by atoms with Crippen molar-refractivity contribution in [2.45, 2.75) is 53.8 Å². The first-order valence-electron chi connectivity index (χ1n) is 9.84. The molecule has 6 heteroatoms. The van der Waals surface area contributed by atoms with Crippen LogP contribution in [-0.2, 0) is 9.53 Å². The van der Waals surface area contributed by atoms with E-state index >= 15 is 0 Å². The van der Waals surface area contributed by atoms with E-state index in [-0.39, 0.29) is 17.3 Å². The highest BCUT2D eigenvalue weighted by Gasteiger charge is 2.19. The van der Waals surface area contributed by atoms with Gasteiger partial charge in [0.05, 0.1) is 11.5 Å². The van der Waals surface area contributed by atoms with E-state index in [4.69, 9.17) is 18.6 Å². The number of hydrogen-bond donors (Lipinski definition) is 0. The summed E-state index contributed by atoms with van der Waals surface area (Å²) in [6.07, 6.45) is 0.284. The second-order valence-corrected chi connectivity index (χ2v) is 7.64. The van der Waals surface area contributed by atoms with Crippen molar-refractivity contribution in [1.82, 2.24) is 0 Å². The summed E-state index contributed by atoms with van der Waals surface area (Å²) in [6, 6.07) is 8.73. The predicted octanol–water partition coefficient (Wildman–Crippen LogP) is 5.23. The van der Waals surface area contributed by atoms with E-state index in [9.17, 15) is 9.59 Å². The second kappa shape index (κ2) is 8.61. The van der Waals surface area contributed by atoms with Crippen LogP contribution in [0.4, 0.5) is 0 Å². The molecule has 0 aliphatic heterocycles. The summed E-state index contributed by atoms with van der Waals surface area (Å²) in [7, 11) is 0. The minimum atomic E-state index is -0.785. The lowest BCUT2D eigenvalue weighted by Gasteiger charge is -2.16. The van der Waals surface area contributed by atoms with Gasteiger partial charge in [-0.25, -0.2) is 4.79 Å². The lowest BCUT2D eigenvalue weighted by Crippen LogP contribution is -2.28. The van der Waals surface area contributed by atoms with E-state index in [1.54, 1.807) is 39.0 Å². The molecule has 0 amide bonds. The molecule has 0 saturated heterocycles. The number of rotatable bonds is 6. The molecule has 0 saturated carbocycles. The normalized spacial score (nSPS) is 12.1. The van der Waals surface area contributed by atoms with Crippen molar-refractivity contribution in [2.75, 3.05) is 0 Å². The molecular formula is C24H26O6. The number of hydrogen-bond acceptors (Lipinski definition) is 6. The van der Waals surface area contributed by atoms with Gasteiger partial charge in [0.2, 0.25) is 11.2 Å². The van der Waals surface area contributed by atoms with Gasteiger partial charge in [0, 0.05) is 6.07 Å². The first kappa shape index (κ1) is 21.4. The van der Waals surface area contributed by atoms with Crippen molar-refractivity contribution in [1.29, 1.82) is 0 Å². The van der Waals surface area contributed by atoms with E-state index in [1.165, 1.54) is 6.26 Å². The Hall–Kier alpha value is -3.28. The number of carbonyl (C=O) groups is 1. The van der Waals surface area contributed by atoms with E-state index < -0.39 is 12.1 Å². The Balaban J connectivity index is 1.87. The first-order valence-corrected chi connectivity index (χ1v) is 9.84. The summed E-state index contributed by atoms with van der Waals surface area (Å²) in [5, 5.41) is 0.360. The van der Waals surface area contributed by atoms with Gasteiger partial charge in [-0.3, -0.25) is 4.79 Å². The number of fused-ring (bicyclic) bond motifs is 1. The zero-order valence-electron chi connectivity index (χ0n) is 18.1. The number of carbonyl (C=O) groups excluding carboxylic acids is 1. The maximum absolute atomic E-state index is 12.9. The van der Waals surface area contributed by atoms with Crippen LogP contribution in [0.25, 0.3) is 11.0 Å². The van der Waals surface area contributed by atoms with Crippen molar-refractivity contribution in [2.24, 2.45) is 0 Å². The third kappa shape index (κ3) is 4.64. The molecule has 158 valence electrons. The standard InChI is InChI=1S/C24H26O6/c1-13(2)28-24(26)17(6)29-18-7-8-19-21(11-18)27-12-22(23(19)25)30-20-10-14(3)9-15(4)16(20)5/h7-13,17H,1-6H3/t17-/m0/s1. The molecule has 0 bridgehead atoms. The highest BCUT2D eigenvalue weighted by molar-refractivity contribution is 5.79. The van der Waals surface area contributed by atoms with E-state index in [2.05, 4.69) is 6.07 Å². The van der Waals surface area contributed by atoms with Gasteiger partial charge in [-0.15, -0.1) is 0 Å². The van der Waals surface area contributed by atoms with Crippen molar-refractivity contribution in [3.05, 3.63) is 63.5 Å². The fraction of sp³-hybridized carbons (Fsp3) is 0.333. The fourth-order valence-electron chi connectivity index (χ4n) is 3.04. The van der Waals surface area contributed by atoms with E-state index in [1.807, 2.05) is 26.8 Å². The van der Waals surface area contributed by atoms with Crippen LogP contribution in [0.1, 0.15) is 37.5 Å². The molecule has 0 spiro atoms. The van der Waals surface area contributed by atoms with E-state index in [0.717, 1.165) is 16.7 Å². The lowest BCUT2D eigenvalue weighted by molar-refractivity contribution is -0.154. The van der Waals surface area contributed by atoms with Gasteiger partial charge in [0.15, 0.2) is 6.10 Å². The largest absolute Gasteiger partial charge is 0.479 e. The smallest absolute Gasteiger partial charge is 0.347 e. The molecule has 0 radical (unpaired) electrons. The molecule has 1 aromatic heterocycles. The molecule has 6 nitrogen and oxygen atoms in total. The Kier molecular flexibility index (Phi) is 6.15. The summed E-state index contributed by atoms with van der Waals surface area (Å²) in [6.45, 7) is 11.1. The van der Waals surface area contributed by atoms with Crippen LogP contribution in [-0.4, -0.2) is 18.2 Å². The number of ether oxygens (including phenoxy) is 3. The lowest BCUT2D eigenvalue weighted by atomic mass is 10.1. The van der Waals surface area contributed by atoms with Crippen LogP contribution < -0.4 is 14.9 Å². The van der Waals surface area contributed by atoms with Gasteiger partial charge in [-0.2, -0.15) is 0 Å². The summed E-state index contributed by atoms with van der Waals surface area (Å²) in [5.41, 5.74) is 3.15. The van der Waals surface area contributed by atoms with Gasteiger partial charge in [0.1, 0.15) is 23.3 Å². The molecular weight excluding hydrogens is 384 g/mol. The van der Waals surface area contributed by atoms with Crippen LogP contribution in [0.15, 0.2) is 45.8 Å². The molecule has 1 atom stereocenters. The molecule has 30 heavy (non-hydrogen) atoms. The van der Waals surface area contributed by atoms with Crippen molar-refractivity contribution in [3.8, 4) is 17.2 Å². The Morgan fingerprint density at radius 2 is 1.73 bits per heavy atom. The number of benzene rings is 2. The molecule has 0 aliphatic rings. The van der Waals surface area contributed by atoms with Gasteiger partial charge < -0.3 is 18.6 Å². The summed E-state index contributed by atoms with van der Waals surface area (Å²) >= 11 is 0. The quantitative estimate of drug-likeness (QED) is 0.518. The molecule has 0 fully saturated rings. The average molecular weight is 410 g/mol. The Morgan fingerprint density at radius 1 is 1.00 bits per heavy atom. The third-order valence-electron chi connectivity index (χ3n) is 4.70. The Morgan fingerprint density at radius 3 is 2.43 bits per heavy atom. The second-order valence-electron chi connectivity index (χ2n) is 7.64. The first-order chi connectivity index (χ1) is 14.2. The van der Waals surface area contributed by atoms with Gasteiger partial charge >= 0.3 is 5.97 Å². The van der Waals surface area contributed by atoms with E-state index in [0.29, 0.717) is 22.5 Å². The average Bonchev–Trinajstić information content (AvgIpc) is 2.67. The van der Waals surface area contributed by atoms with Crippen LogP contribution in [0.3, 0.4) is 0 Å². The molecule has 2 aromatic carbocycles. The maximum atomic E-state index is 12.9. The molecule has 1 heterocycles. The zero-order chi connectivity index (χ0) is 22.0. The van der Waals surface area contributed by atoms with Crippen LogP contribution >= 0.6 is 0 Å². The molecule has 0 aliphatic carbocycles. The minimum absolute atomic E-state index is 0.109. The van der Waals surface area contributed by atoms with Gasteiger partial charge in [0.25, 0.3) is 0 Å². The monoisotopic (exact) mass is 410 g/mol. The minimum Gasteiger partial charge on any atom is -0.479 e. The third-order valence-corrected chi connectivity index (χ3v) is 4.70. The summed E-state index contributed by atoms with van der Waals surface area (Å²) in [5.74, 6) is 0.673. The highest BCUT2D eigenvalue weighted by Crippen LogP contribution is 2.29. The highest BCUT2D eigenvalue weighted by atomic mass is 16.6. The maximum Gasteiger partial charge on any atom is 0.347 e. The van der Waals surface area contributed by atoms with Crippen LogP contribution in [0.5, 0.6) is 17.2 Å². The molecule has 0 unspecified atom stereocenters. The SMILES string of the molecule is Cc1cc(C)c(C)c(Oc2coc3cc(O[C@@H](C)C(=O)OC(C)C)ccc3c2=O)c1. The number of esters is 1. The summed E-state index contributed by atoms with van der Waals surface area (Å²) in [4.78, 5) is 24.8. The van der Waals surface area contributed by atoms with Crippen LogP contribution in [0, 0.1) is 20.8 Å². The fourth-order valence-corrected chi connectivity index (χ4v) is 3.04. The molecule has 3 rings (SSSR count). The van der Waals surface area contributed by atoms with Gasteiger partial charge in [-0.05, 0) is 76.4 Å². The Bertz CT molecular complexity index is 1140. The van der Waals surface area contributed by atoms with Crippen LogP contribution in [0.2, 0.25) is 0 Å². The number of aryl methyl sites for hydroxylation is 2. The van der Waals surface area contributed by atoms with Gasteiger partial charge in [-0.1, -0.05) is 6.07 Å². The molecule has 3 aromatic rings. The van der Waals surface area contributed by atoms with Crippen molar-refractivity contribution < 1.29 is 23.4 Å². The summed E-state index contributed by atoms with van der Waals surface area (Å²) < 4.78 is 22.3. The predicted molar refractivity (Wildman–Crippen MR) is 115 cm³/mol. The zero-order valence-corrected chi connectivity index (χ0v) is 18.1. The topological polar surface area (TPSA) is 75.0 Å². The van der Waals surface area contributed by atoms with Crippen molar-refractivity contribution >= 4 is 16.9 Å². The Labute approximate surface area is 175 Å². The van der Waals surface area contributed by atoms with Crippen molar-refractivity contribution in [3.63, 3.8) is 0 Å². The molecule has 0 N–H and O–H groups in total.